The Balaban J connectivity index is 1.81. The van der Waals surface area contributed by atoms with Crippen LogP contribution in [0, 0.1) is 12.8 Å². The highest BCUT2D eigenvalue weighted by molar-refractivity contribution is 6.07. The lowest BCUT2D eigenvalue weighted by Crippen LogP contribution is -2.42. The lowest BCUT2D eigenvalue weighted by atomic mass is 9.96. The van der Waals surface area contributed by atoms with Crippen molar-refractivity contribution in [3.05, 3.63) is 41.6 Å². The second-order valence-electron chi connectivity index (χ2n) is 6.16. The Bertz CT molecular complexity index is 730. The quantitative estimate of drug-likeness (QED) is 0.875. The molecule has 2 amide bonds. The topological polar surface area (TPSA) is 75.4 Å². The molecule has 1 aliphatic rings. The molecule has 0 aliphatic carbocycles. The zero-order chi connectivity index (χ0) is 17.1. The Morgan fingerprint density at radius 1 is 1.21 bits per heavy atom. The van der Waals surface area contributed by atoms with E-state index in [1.54, 1.807) is 0 Å². The minimum absolute atomic E-state index is 0.108. The van der Waals surface area contributed by atoms with E-state index in [1.165, 1.54) is 18.1 Å². The molecular formula is C18H21N3O3. The first kappa shape index (κ1) is 16.4. The van der Waals surface area contributed by atoms with Crippen LogP contribution in [0.1, 0.15) is 28.8 Å². The molecule has 1 fully saturated rings. The van der Waals surface area contributed by atoms with Gasteiger partial charge in [0.15, 0.2) is 5.76 Å². The van der Waals surface area contributed by atoms with E-state index in [9.17, 15) is 9.59 Å². The van der Waals surface area contributed by atoms with Crippen LogP contribution in [0.25, 0.3) is 11.3 Å². The first-order valence-corrected chi connectivity index (χ1v) is 8.12. The zero-order valence-corrected chi connectivity index (χ0v) is 13.9. The summed E-state index contributed by atoms with van der Waals surface area (Å²) in [5.74, 6) is -0.235. The first-order valence-electron chi connectivity index (χ1n) is 8.12. The molecule has 1 N–H and O–H groups in total. The number of nitrogens with zero attached hydrogens (tertiary/aromatic N) is 2. The molecule has 1 aromatic heterocycles. The highest BCUT2D eigenvalue weighted by Crippen LogP contribution is 2.25. The molecule has 0 saturated carbocycles. The molecular weight excluding hydrogens is 306 g/mol. The summed E-state index contributed by atoms with van der Waals surface area (Å²) in [6, 6.07) is 7.63. The van der Waals surface area contributed by atoms with Crippen molar-refractivity contribution < 1.29 is 14.1 Å². The van der Waals surface area contributed by atoms with Gasteiger partial charge in [-0.05, 0) is 32.9 Å². The van der Waals surface area contributed by atoms with Crippen molar-refractivity contribution in [1.29, 1.82) is 0 Å². The number of hydrogen-bond acceptors (Lipinski definition) is 5. The summed E-state index contributed by atoms with van der Waals surface area (Å²) in [7, 11) is 1.53. The van der Waals surface area contributed by atoms with E-state index in [4.69, 9.17) is 4.52 Å². The van der Waals surface area contributed by atoms with Gasteiger partial charge >= 0.3 is 0 Å². The molecule has 6 nitrogen and oxygen atoms in total. The standard InChI is InChI=1S/C18H21N3O3/c1-12-3-5-13(6-4-12)16-15(11-20-24-16)18(23)21(2)17(22)14-7-9-19-10-8-14/h3-6,11,14,19H,7-10H2,1-2H3. The number of rotatable bonds is 3. The van der Waals surface area contributed by atoms with Gasteiger partial charge < -0.3 is 9.84 Å². The number of carbonyl (C=O) groups excluding carboxylic acids is 2. The molecule has 0 atom stereocenters. The largest absolute Gasteiger partial charge is 0.355 e. The van der Waals surface area contributed by atoms with Crippen molar-refractivity contribution in [2.75, 3.05) is 20.1 Å². The summed E-state index contributed by atoms with van der Waals surface area (Å²) < 4.78 is 5.27. The SMILES string of the molecule is Cc1ccc(-c2oncc2C(=O)N(C)C(=O)C2CCNCC2)cc1. The molecule has 2 heterocycles. The van der Waals surface area contributed by atoms with E-state index in [2.05, 4.69) is 10.5 Å². The predicted molar refractivity (Wildman–Crippen MR) is 89.4 cm³/mol. The number of piperidine rings is 1. The smallest absolute Gasteiger partial charge is 0.265 e. The number of carbonyl (C=O) groups is 2. The van der Waals surface area contributed by atoms with Gasteiger partial charge in [0.25, 0.3) is 5.91 Å². The van der Waals surface area contributed by atoms with Gasteiger partial charge in [0.2, 0.25) is 5.91 Å². The maximum Gasteiger partial charge on any atom is 0.265 e. The third-order valence-corrected chi connectivity index (χ3v) is 4.44. The fourth-order valence-electron chi connectivity index (χ4n) is 2.93. The van der Waals surface area contributed by atoms with Gasteiger partial charge in [0.05, 0.1) is 6.20 Å². The van der Waals surface area contributed by atoms with Crippen LogP contribution in [0.5, 0.6) is 0 Å². The van der Waals surface area contributed by atoms with Crippen LogP contribution in [0.4, 0.5) is 0 Å². The van der Waals surface area contributed by atoms with Crippen LogP contribution in [-0.4, -0.2) is 42.0 Å². The van der Waals surface area contributed by atoms with Crippen LogP contribution in [-0.2, 0) is 4.79 Å². The molecule has 2 aromatic rings. The van der Waals surface area contributed by atoms with Gasteiger partial charge in [-0.2, -0.15) is 0 Å². The number of hydrogen-bond donors (Lipinski definition) is 1. The molecule has 0 bridgehead atoms. The van der Waals surface area contributed by atoms with Crippen molar-refractivity contribution in [3.63, 3.8) is 0 Å². The molecule has 1 aliphatic heterocycles. The van der Waals surface area contributed by atoms with Crippen molar-refractivity contribution in [2.24, 2.45) is 5.92 Å². The molecule has 6 heteroatoms. The minimum Gasteiger partial charge on any atom is -0.355 e. The third kappa shape index (κ3) is 3.23. The number of aromatic nitrogens is 1. The molecule has 1 saturated heterocycles. The highest BCUT2D eigenvalue weighted by atomic mass is 16.5. The third-order valence-electron chi connectivity index (χ3n) is 4.44. The summed E-state index contributed by atoms with van der Waals surface area (Å²) in [5, 5.41) is 6.97. The molecule has 1 aromatic carbocycles. The number of imide groups is 1. The Labute approximate surface area is 140 Å². The maximum atomic E-state index is 12.7. The van der Waals surface area contributed by atoms with Crippen molar-refractivity contribution >= 4 is 11.8 Å². The van der Waals surface area contributed by atoms with Crippen LogP contribution in [0.3, 0.4) is 0 Å². The Morgan fingerprint density at radius 2 is 1.88 bits per heavy atom. The van der Waals surface area contributed by atoms with E-state index < -0.39 is 0 Å². The summed E-state index contributed by atoms with van der Waals surface area (Å²) in [5.41, 5.74) is 2.19. The number of nitrogens with one attached hydrogen (secondary N) is 1. The second-order valence-corrected chi connectivity index (χ2v) is 6.16. The summed E-state index contributed by atoms with van der Waals surface area (Å²) >= 11 is 0. The maximum absolute atomic E-state index is 12.7. The van der Waals surface area contributed by atoms with Crippen LogP contribution >= 0.6 is 0 Å². The second kappa shape index (κ2) is 6.97. The monoisotopic (exact) mass is 327 g/mol. The molecule has 0 unspecified atom stereocenters. The minimum atomic E-state index is -0.379. The van der Waals surface area contributed by atoms with Gasteiger partial charge in [-0.1, -0.05) is 35.0 Å². The molecule has 0 spiro atoms. The molecule has 0 radical (unpaired) electrons. The first-order chi connectivity index (χ1) is 11.6. The Hall–Kier alpha value is -2.47. The van der Waals surface area contributed by atoms with E-state index in [-0.39, 0.29) is 17.7 Å². The van der Waals surface area contributed by atoms with E-state index in [1.807, 2.05) is 31.2 Å². The van der Waals surface area contributed by atoms with Crippen molar-refractivity contribution in [3.8, 4) is 11.3 Å². The average Bonchev–Trinajstić information content (AvgIpc) is 3.11. The average molecular weight is 327 g/mol. The number of benzene rings is 1. The summed E-state index contributed by atoms with van der Waals surface area (Å²) in [4.78, 5) is 26.5. The number of aryl methyl sites for hydroxylation is 1. The van der Waals surface area contributed by atoms with E-state index >= 15 is 0 Å². The van der Waals surface area contributed by atoms with Crippen LogP contribution in [0.2, 0.25) is 0 Å². The summed E-state index contributed by atoms with van der Waals surface area (Å²) in [6.45, 7) is 3.60. The Kier molecular flexibility index (Phi) is 4.76. The molecule has 126 valence electrons. The van der Waals surface area contributed by atoms with E-state index in [0.29, 0.717) is 11.3 Å². The van der Waals surface area contributed by atoms with Gasteiger partial charge in [-0.15, -0.1) is 0 Å². The van der Waals surface area contributed by atoms with Crippen LogP contribution < -0.4 is 5.32 Å². The lowest BCUT2D eigenvalue weighted by Gasteiger charge is -2.25. The normalized spacial score (nSPS) is 15.2. The van der Waals surface area contributed by atoms with Crippen LogP contribution in [0.15, 0.2) is 35.0 Å². The highest BCUT2D eigenvalue weighted by Gasteiger charge is 2.30. The van der Waals surface area contributed by atoms with Crippen molar-refractivity contribution in [1.82, 2.24) is 15.4 Å². The number of amides is 2. The fraction of sp³-hybridized carbons (Fsp3) is 0.389. The zero-order valence-electron chi connectivity index (χ0n) is 13.9. The van der Waals surface area contributed by atoms with Crippen molar-refractivity contribution in [2.45, 2.75) is 19.8 Å². The lowest BCUT2D eigenvalue weighted by molar-refractivity contribution is -0.132. The summed E-state index contributed by atoms with van der Waals surface area (Å²) in [6.07, 6.45) is 2.89. The van der Waals surface area contributed by atoms with Gasteiger partial charge in [0.1, 0.15) is 5.56 Å². The van der Waals surface area contributed by atoms with Gasteiger partial charge in [0, 0.05) is 18.5 Å². The molecule has 24 heavy (non-hydrogen) atoms. The fourth-order valence-corrected chi connectivity index (χ4v) is 2.93. The predicted octanol–water partition coefficient (Wildman–Crippen LogP) is 2.25. The van der Waals surface area contributed by atoms with Gasteiger partial charge in [-0.25, -0.2) is 0 Å². The van der Waals surface area contributed by atoms with E-state index in [0.717, 1.165) is 37.1 Å². The molecule has 3 rings (SSSR count). The Morgan fingerprint density at radius 3 is 2.54 bits per heavy atom. The van der Waals surface area contributed by atoms with Gasteiger partial charge in [-0.3, -0.25) is 14.5 Å².